The number of aromatic nitrogens is 1. The molecule has 2 aromatic rings. The van der Waals surface area contributed by atoms with Crippen LogP contribution in [0.3, 0.4) is 0 Å². The van der Waals surface area contributed by atoms with Gasteiger partial charge in [0.15, 0.2) is 0 Å². The molecule has 1 heterocycles. The van der Waals surface area contributed by atoms with Crippen LogP contribution < -0.4 is 5.32 Å². The van der Waals surface area contributed by atoms with E-state index in [0.29, 0.717) is 23.0 Å². The molecule has 1 amide bonds. The fourth-order valence-electron chi connectivity index (χ4n) is 2.21. The van der Waals surface area contributed by atoms with Crippen molar-refractivity contribution >= 4 is 27.5 Å². The molecular formula is C15H14BrFN2O. The van der Waals surface area contributed by atoms with Gasteiger partial charge in [0.2, 0.25) is 0 Å². The molecule has 0 saturated heterocycles. The van der Waals surface area contributed by atoms with Crippen molar-refractivity contribution in [1.82, 2.24) is 4.57 Å². The van der Waals surface area contributed by atoms with Gasteiger partial charge in [0.25, 0.3) is 5.91 Å². The monoisotopic (exact) mass is 336 g/mol. The SMILES string of the molecule is Cc1c(F)cccc1NC(=O)c1cc(Br)cn1C1CC1. The van der Waals surface area contributed by atoms with Crippen LogP contribution in [-0.2, 0) is 0 Å². The Morgan fingerprint density at radius 2 is 2.20 bits per heavy atom. The van der Waals surface area contributed by atoms with Crippen molar-refractivity contribution in [3.63, 3.8) is 0 Å². The third kappa shape index (κ3) is 2.50. The quantitative estimate of drug-likeness (QED) is 0.891. The predicted octanol–water partition coefficient (Wildman–Crippen LogP) is 4.29. The number of anilines is 1. The number of hydrogen-bond acceptors (Lipinski definition) is 1. The van der Waals surface area contributed by atoms with Crippen LogP contribution in [0.1, 0.15) is 34.9 Å². The Morgan fingerprint density at radius 1 is 1.45 bits per heavy atom. The Hall–Kier alpha value is -1.62. The van der Waals surface area contributed by atoms with Crippen LogP contribution in [0.4, 0.5) is 10.1 Å². The maximum atomic E-state index is 13.5. The van der Waals surface area contributed by atoms with E-state index in [2.05, 4.69) is 21.2 Å². The van der Waals surface area contributed by atoms with Gasteiger partial charge in [0, 0.05) is 28.0 Å². The van der Waals surface area contributed by atoms with Gasteiger partial charge in [-0.25, -0.2) is 4.39 Å². The molecule has 1 aromatic heterocycles. The van der Waals surface area contributed by atoms with Crippen LogP contribution >= 0.6 is 15.9 Å². The summed E-state index contributed by atoms with van der Waals surface area (Å²) in [5.41, 5.74) is 1.56. The van der Waals surface area contributed by atoms with Gasteiger partial charge < -0.3 is 9.88 Å². The average Bonchev–Trinajstić information content (AvgIpc) is 3.18. The lowest BCUT2D eigenvalue weighted by Gasteiger charge is -2.11. The Labute approximate surface area is 124 Å². The highest BCUT2D eigenvalue weighted by molar-refractivity contribution is 9.10. The number of halogens is 2. The van der Waals surface area contributed by atoms with Gasteiger partial charge in [0.05, 0.1) is 0 Å². The van der Waals surface area contributed by atoms with Gasteiger partial charge >= 0.3 is 0 Å². The van der Waals surface area contributed by atoms with E-state index in [0.717, 1.165) is 17.3 Å². The first-order valence-corrected chi connectivity index (χ1v) is 7.29. The minimum atomic E-state index is -0.318. The van der Waals surface area contributed by atoms with Crippen LogP contribution in [0.25, 0.3) is 0 Å². The number of nitrogens with one attached hydrogen (secondary N) is 1. The van der Waals surface area contributed by atoms with Gasteiger partial charge in [-0.1, -0.05) is 6.07 Å². The first kappa shape index (κ1) is 13.4. The van der Waals surface area contributed by atoms with E-state index >= 15 is 0 Å². The molecule has 0 aliphatic heterocycles. The number of hydrogen-bond donors (Lipinski definition) is 1. The molecule has 3 rings (SSSR count). The third-order valence-electron chi connectivity index (χ3n) is 3.50. The molecule has 0 radical (unpaired) electrons. The molecule has 0 atom stereocenters. The van der Waals surface area contributed by atoms with Crippen LogP contribution in [0.15, 0.2) is 34.9 Å². The summed E-state index contributed by atoms with van der Waals surface area (Å²) in [7, 11) is 0. The number of carbonyl (C=O) groups is 1. The highest BCUT2D eigenvalue weighted by atomic mass is 79.9. The Bertz CT molecular complexity index is 677. The molecule has 1 N–H and O–H groups in total. The Kier molecular flexibility index (Phi) is 3.38. The summed E-state index contributed by atoms with van der Waals surface area (Å²) in [5, 5.41) is 2.78. The van der Waals surface area contributed by atoms with Gasteiger partial charge in [-0.3, -0.25) is 4.79 Å². The third-order valence-corrected chi connectivity index (χ3v) is 3.94. The zero-order valence-corrected chi connectivity index (χ0v) is 12.6. The van der Waals surface area contributed by atoms with E-state index in [1.54, 1.807) is 25.1 Å². The van der Waals surface area contributed by atoms with Crippen molar-refractivity contribution in [2.24, 2.45) is 0 Å². The maximum absolute atomic E-state index is 13.5. The van der Waals surface area contributed by atoms with Crippen LogP contribution in [-0.4, -0.2) is 10.5 Å². The lowest BCUT2D eigenvalue weighted by Crippen LogP contribution is -2.17. The highest BCUT2D eigenvalue weighted by Crippen LogP contribution is 2.37. The first-order valence-electron chi connectivity index (χ1n) is 6.50. The fraction of sp³-hybridized carbons (Fsp3) is 0.267. The average molecular weight is 337 g/mol. The molecule has 1 aliphatic rings. The second-order valence-electron chi connectivity index (χ2n) is 5.05. The molecule has 0 spiro atoms. The van der Waals surface area contributed by atoms with Crippen LogP contribution in [0.2, 0.25) is 0 Å². The van der Waals surface area contributed by atoms with E-state index in [-0.39, 0.29) is 11.7 Å². The van der Waals surface area contributed by atoms with Crippen molar-refractivity contribution in [2.75, 3.05) is 5.32 Å². The summed E-state index contributed by atoms with van der Waals surface area (Å²) in [6.45, 7) is 1.65. The Morgan fingerprint density at radius 3 is 2.90 bits per heavy atom. The van der Waals surface area contributed by atoms with Crippen LogP contribution in [0, 0.1) is 12.7 Å². The molecule has 3 nitrogen and oxygen atoms in total. The molecule has 20 heavy (non-hydrogen) atoms. The van der Waals surface area contributed by atoms with E-state index in [1.165, 1.54) is 6.07 Å². The van der Waals surface area contributed by atoms with Crippen molar-refractivity contribution in [1.29, 1.82) is 0 Å². The highest BCUT2D eigenvalue weighted by Gasteiger charge is 2.27. The molecule has 1 saturated carbocycles. The first-order chi connectivity index (χ1) is 9.56. The second kappa shape index (κ2) is 5.05. The fourth-order valence-corrected chi connectivity index (χ4v) is 2.65. The second-order valence-corrected chi connectivity index (χ2v) is 5.96. The van der Waals surface area contributed by atoms with Gasteiger partial charge in [0.1, 0.15) is 11.5 Å². The van der Waals surface area contributed by atoms with Crippen molar-refractivity contribution in [2.45, 2.75) is 25.8 Å². The van der Waals surface area contributed by atoms with Gasteiger partial charge in [-0.2, -0.15) is 0 Å². The molecular weight excluding hydrogens is 323 g/mol. The van der Waals surface area contributed by atoms with E-state index < -0.39 is 0 Å². The van der Waals surface area contributed by atoms with Gasteiger partial charge in [-0.15, -0.1) is 0 Å². The van der Waals surface area contributed by atoms with E-state index in [4.69, 9.17) is 0 Å². The zero-order chi connectivity index (χ0) is 14.3. The summed E-state index contributed by atoms with van der Waals surface area (Å²) in [6.07, 6.45) is 4.12. The molecule has 104 valence electrons. The van der Waals surface area contributed by atoms with E-state index in [9.17, 15) is 9.18 Å². The molecule has 5 heteroatoms. The topological polar surface area (TPSA) is 34.0 Å². The lowest BCUT2D eigenvalue weighted by molar-refractivity contribution is 0.101. The van der Waals surface area contributed by atoms with Crippen molar-refractivity contribution < 1.29 is 9.18 Å². The van der Waals surface area contributed by atoms with Crippen molar-refractivity contribution in [3.05, 3.63) is 52.0 Å². The predicted molar refractivity (Wildman–Crippen MR) is 79.5 cm³/mol. The molecule has 1 fully saturated rings. The number of benzene rings is 1. The zero-order valence-electron chi connectivity index (χ0n) is 11.0. The smallest absolute Gasteiger partial charge is 0.272 e. The normalized spacial score (nSPS) is 14.3. The standard InChI is InChI=1S/C15H14BrFN2O/c1-9-12(17)3-2-4-13(9)18-15(20)14-7-10(16)8-19(14)11-5-6-11/h2-4,7-8,11H,5-6H2,1H3,(H,18,20). The molecule has 0 bridgehead atoms. The number of rotatable bonds is 3. The minimum absolute atomic E-state index is 0.212. The van der Waals surface area contributed by atoms with E-state index in [1.807, 2.05) is 10.8 Å². The molecule has 1 aromatic carbocycles. The summed E-state index contributed by atoms with van der Waals surface area (Å²) >= 11 is 3.40. The molecule has 1 aliphatic carbocycles. The molecule has 0 unspecified atom stereocenters. The lowest BCUT2D eigenvalue weighted by atomic mass is 10.2. The van der Waals surface area contributed by atoms with Gasteiger partial charge in [-0.05, 0) is 53.9 Å². The Balaban J connectivity index is 1.88. The number of amides is 1. The summed E-state index contributed by atoms with van der Waals surface area (Å²) in [4.78, 5) is 12.4. The number of carbonyl (C=O) groups excluding carboxylic acids is 1. The van der Waals surface area contributed by atoms with Crippen molar-refractivity contribution in [3.8, 4) is 0 Å². The largest absolute Gasteiger partial charge is 0.339 e. The summed E-state index contributed by atoms with van der Waals surface area (Å²) < 4.78 is 16.4. The summed E-state index contributed by atoms with van der Waals surface area (Å²) in [5.74, 6) is -0.530. The summed E-state index contributed by atoms with van der Waals surface area (Å²) in [6, 6.07) is 6.89. The van der Waals surface area contributed by atoms with Crippen LogP contribution in [0.5, 0.6) is 0 Å². The minimum Gasteiger partial charge on any atom is -0.339 e. The number of nitrogens with zero attached hydrogens (tertiary/aromatic N) is 1. The maximum Gasteiger partial charge on any atom is 0.272 e.